The van der Waals surface area contributed by atoms with Crippen LogP contribution in [-0.2, 0) is 4.43 Å². The van der Waals surface area contributed by atoms with Gasteiger partial charge in [0.15, 0.2) is 0 Å². The average molecular weight is 352 g/mol. The summed E-state index contributed by atoms with van der Waals surface area (Å²) in [4.78, 5) is 4.40. The number of aryl methyl sites for hydroxylation is 1. The number of aromatic nitrogens is 1. The average Bonchev–Trinajstić information content (AvgIpc) is 2.52. The topological polar surface area (TPSA) is 31.4 Å². The highest BCUT2D eigenvalue weighted by molar-refractivity contribution is 6.65. The van der Waals surface area contributed by atoms with Crippen LogP contribution in [0, 0.1) is 6.92 Å². The molecule has 0 saturated carbocycles. The van der Waals surface area contributed by atoms with Gasteiger partial charge in [-0.1, -0.05) is 70.8 Å². The van der Waals surface area contributed by atoms with Crippen molar-refractivity contribution in [3.63, 3.8) is 0 Å². The van der Waals surface area contributed by atoms with Crippen LogP contribution in [0.2, 0.25) is 13.1 Å². The van der Waals surface area contributed by atoms with Crippen molar-refractivity contribution in [2.45, 2.75) is 91.1 Å². The van der Waals surface area contributed by atoms with Crippen LogP contribution in [0.15, 0.2) is 18.2 Å². The van der Waals surface area contributed by atoms with Gasteiger partial charge in [0.2, 0.25) is 5.88 Å². The summed E-state index contributed by atoms with van der Waals surface area (Å²) < 4.78 is 12.0. The molecule has 0 aromatic carbocycles. The maximum Gasteiger partial charge on any atom is 0.393 e. The molecule has 0 saturated heterocycles. The summed E-state index contributed by atoms with van der Waals surface area (Å²) in [7, 11) is -2.12. The molecule has 1 heterocycles. The SMILES string of the molecule is CCCCCCCCCCCCO[Si](C)(C)Oc1cccc(C)n1. The molecular weight excluding hydrogens is 314 g/mol. The third kappa shape index (κ3) is 10.8. The quantitative estimate of drug-likeness (QED) is 0.287. The summed E-state index contributed by atoms with van der Waals surface area (Å²) in [6.45, 7) is 9.24. The Hall–Kier alpha value is -0.873. The van der Waals surface area contributed by atoms with Gasteiger partial charge in [-0.15, -0.1) is 0 Å². The van der Waals surface area contributed by atoms with Crippen molar-refractivity contribution >= 4 is 8.56 Å². The standard InChI is InChI=1S/C20H37NO2Si/c1-5-6-7-8-9-10-11-12-13-14-18-22-24(3,4)23-20-17-15-16-19(2)21-20/h15-17H,5-14,18H2,1-4H3. The Morgan fingerprint density at radius 3 is 2.04 bits per heavy atom. The summed E-state index contributed by atoms with van der Waals surface area (Å²) >= 11 is 0. The first-order valence-corrected chi connectivity index (χ1v) is 12.6. The zero-order chi connectivity index (χ0) is 17.7. The van der Waals surface area contributed by atoms with Crippen LogP contribution in [0.25, 0.3) is 0 Å². The number of hydrogen-bond donors (Lipinski definition) is 0. The monoisotopic (exact) mass is 351 g/mol. The smallest absolute Gasteiger partial charge is 0.393 e. The second-order valence-electron chi connectivity index (χ2n) is 7.15. The van der Waals surface area contributed by atoms with Gasteiger partial charge in [0, 0.05) is 12.3 Å². The molecule has 0 amide bonds. The Balaban J connectivity index is 2.01. The van der Waals surface area contributed by atoms with Crippen molar-refractivity contribution in [1.82, 2.24) is 4.98 Å². The van der Waals surface area contributed by atoms with Gasteiger partial charge in [-0.05, 0) is 38.6 Å². The molecule has 1 aromatic rings. The summed E-state index contributed by atoms with van der Waals surface area (Å²) in [5.74, 6) is 0.690. The molecule has 138 valence electrons. The highest BCUT2D eigenvalue weighted by Crippen LogP contribution is 2.16. The van der Waals surface area contributed by atoms with E-state index in [-0.39, 0.29) is 0 Å². The molecule has 0 spiro atoms. The van der Waals surface area contributed by atoms with Gasteiger partial charge in [0.1, 0.15) is 0 Å². The number of hydrogen-bond acceptors (Lipinski definition) is 3. The minimum absolute atomic E-state index is 0.690. The van der Waals surface area contributed by atoms with Gasteiger partial charge in [0.05, 0.1) is 0 Å². The minimum Gasteiger partial charge on any atom is -0.506 e. The van der Waals surface area contributed by atoms with Gasteiger partial charge in [0.25, 0.3) is 0 Å². The van der Waals surface area contributed by atoms with Crippen LogP contribution in [0.5, 0.6) is 5.88 Å². The molecule has 0 bridgehead atoms. The van der Waals surface area contributed by atoms with E-state index >= 15 is 0 Å². The Labute approximate surface area is 150 Å². The zero-order valence-corrected chi connectivity index (χ0v) is 17.3. The highest BCUT2D eigenvalue weighted by atomic mass is 28.4. The van der Waals surface area contributed by atoms with E-state index in [1.165, 1.54) is 57.8 Å². The van der Waals surface area contributed by atoms with Gasteiger partial charge >= 0.3 is 8.56 Å². The Kier molecular flexibility index (Phi) is 11.0. The van der Waals surface area contributed by atoms with Crippen molar-refractivity contribution in [3.8, 4) is 5.88 Å². The lowest BCUT2D eigenvalue weighted by Gasteiger charge is -2.23. The van der Waals surface area contributed by atoms with Crippen LogP contribution in [0.4, 0.5) is 0 Å². The molecule has 3 nitrogen and oxygen atoms in total. The number of unbranched alkanes of at least 4 members (excludes halogenated alkanes) is 9. The second kappa shape index (κ2) is 12.5. The molecule has 1 aromatic heterocycles. The molecule has 24 heavy (non-hydrogen) atoms. The van der Waals surface area contributed by atoms with E-state index in [1.807, 2.05) is 25.1 Å². The fraction of sp³-hybridized carbons (Fsp3) is 0.750. The molecule has 0 radical (unpaired) electrons. The van der Waals surface area contributed by atoms with E-state index in [4.69, 9.17) is 8.85 Å². The highest BCUT2D eigenvalue weighted by Gasteiger charge is 2.27. The first kappa shape index (κ1) is 21.2. The van der Waals surface area contributed by atoms with E-state index in [0.29, 0.717) is 5.88 Å². The molecule has 0 N–H and O–H groups in total. The van der Waals surface area contributed by atoms with Gasteiger partial charge in [-0.25, -0.2) is 4.98 Å². The van der Waals surface area contributed by atoms with Crippen LogP contribution in [0.3, 0.4) is 0 Å². The lowest BCUT2D eigenvalue weighted by atomic mass is 10.1. The lowest BCUT2D eigenvalue weighted by Crippen LogP contribution is -2.39. The molecule has 4 heteroatoms. The first-order chi connectivity index (χ1) is 11.5. The third-order valence-electron chi connectivity index (χ3n) is 4.16. The fourth-order valence-electron chi connectivity index (χ4n) is 2.76. The predicted molar refractivity (Wildman–Crippen MR) is 105 cm³/mol. The van der Waals surface area contributed by atoms with Gasteiger partial charge in [-0.3, -0.25) is 0 Å². The molecule has 1 rings (SSSR count). The summed E-state index contributed by atoms with van der Waals surface area (Å²) in [6.07, 6.45) is 13.5. The summed E-state index contributed by atoms with van der Waals surface area (Å²) in [5, 5.41) is 0. The van der Waals surface area contributed by atoms with E-state index in [1.54, 1.807) is 0 Å². The van der Waals surface area contributed by atoms with Crippen molar-refractivity contribution in [2.24, 2.45) is 0 Å². The van der Waals surface area contributed by atoms with Crippen molar-refractivity contribution in [3.05, 3.63) is 23.9 Å². The first-order valence-electron chi connectivity index (χ1n) is 9.80. The normalized spacial score (nSPS) is 11.7. The Morgan fingerprint density at radius 1 is 0.875 bits per heavy atom. The number of pyridine rings is 1. The van der Waals surface area contributed by atoms with Crippen molar-refractivity contribution < 1.29 is 8.85 Å². The summed E-state index contributed by atoms with van der Waals surface area (Å²) in [6, 6.07) is 5.86. The minimum atomic E-state index is -2.12. The molecule has 0 atom stereocenters. The van der Waals surface area contributed by atoms with E-state index in [0.717, 1.165) is 18.7 Å². The zero-order valence-electron chi connectivity index (χ0n) is 16.3. The van der Waals surface area contributed by atoms with Crippen LogP contribution < -0.4 is 4.43 Å². The molecule has 0 aliphatic rings. The Morgan fingerprint density at radius 2 is 1.46 bits per heavy atom. The van der Waals surface area contributed by atoms with Crippen LogP contribution in [-0.4, -0.2) is 20.2 Å². The number of rotatable bonds is 14. The predicted octanol–water partition coefficient (Wildman–Crippen LogP) is 6.41. The van der Waals surface area contributed by atoms with E-state index in [9.17, 15) is 0 Å². The maximum absolute atomic E-state index is 6.02. The Bertz CT molecular complexity index is 437. The van der Waals surface area contributed by atoms with Crippen molar-refractivity contribution in [1.29, 1.82) is 0 Å². The van der Waals surface area contributed by atoms with E-state index in [2.05, 4.69) is 25.0 Å². The largest absolute Gasteiger partial charge is 0.506 e. The number of nitrogens with zero attached hydrogens (tertiary/aromatic N) is 1. The van der Waals surface area contributed by atoms with Crippen LogP contribution >= 0.6 is 0 Å². The lowest BCUT2D eigenvalue weighted by molar-refractivity contribution is 0.238. The summed E-state index contributed by atoms with van der Waals surface area (Å²) in [5.41, 5.74) is 0.979. The van der Waals surface area contributed by atoms with Crippen LogP contribution in [0.1, 0.15) is 76.8 Å². The van der Waals surface area contributed by atoms with E-state index < -0.39 is 8.56 Å². The van der Waals surface area contributed by atoms with Gasteiger partial charge < -0.3 is 8.85 Å². The van der Waals surface area contributed by atoms with Gasteiger partial charge in [-0.2, -0.15) is 0 Å². The molecule has 0 fully saturated rings. The maximum atomic E-state index is 6.02. The van der Waals surface area contributed by atoms with Crippen molar-refractivity contribution in [2.75, 3.05) is 6.61 Å². The molecular formula is C20H37NO2Si. The molecule has 0 aliphatic carbocycles. The third-order valence-corrected chi connectivity index (χ3v) is 5.76. The fourth-order valence-corrected chi connectivity index (χ4v) is 4.08. The molecule has 0 aliphatic heterocycles. The second-order valence-corrected chi connectivity index (χ2v) is 10.4. The molecule has 0 unspecified atom stereocenters.